The minimum absolute atomic E-state index is 0.406. The first kappa shape index (κ1) is 16.8. The van der Waals surface area contributed by atoms with E-state index in [1.54, 1.807) is 0 Å². The minimum Gasteiger partial charge on any atom is -0.384 e. The predicted molar refractivity (Wildman–Crippen MR) is 97.2 cm³/mol. The summed E-state index contributed by atoms with van der Waals surface area (Å²) in [5.41, 5.74) is 3.12. The fraction of sp³-hybridized carbons (Fsp3) is 0.700. The molecule has 2 fully saturated rings. The Morgan fingerprint density at radius 1 is 1.13 bits per heavy atom. The summed E-state index contributed by atoms with van der Waals surface area (Å²) in [7, 11) is 1.85. The number of nitrogens with one attached hydrogen (secondary N) is 1. The average Bonchev–Trinajstić information content (AvgIpc) is 3.04. The van der Waals surface area contributed by atoms with Crippen molar-refractivity contribution in [1.82, 2.24) is 5.32 Å². The van der Waals surface area contributed by atoms with Crippen LogP contribution in [0.4, 0.5) is 5.69 Å². The van der Waals surface area contributed by atoms with E-state index in [4.69, 9.17) is 4.74 Å². The Morgan fingerprint density at radius 3 is 2.39 bits per heavy atom. The van der Waals surface area contributed by atoms with Crippen LogP contribution in [0, 0.1) is 12.3 Å². The highest BCUT2D eigenvalue weighted by Gasteiger charge is 2.34. The molecule has 3 rings (SSSR count). The molecule has 1 aliphatic heterocycles. The summed E-state index contributed by atoms with van der Waals surface area (Å²) in [5.74, 6) is 0. The number of piperidine rings is 1. The molecule has 0 amide bonds. The van der Waals surface area contributed by atoms with Gasteiger partial charge in [-0.05, 0) is 44.7 Å². The number of hydrogen-bond acceptors (Lipinski definition) is 3. The summed E-state index contributed by atoms with van der Waals surface area (Å²) in [6, 6.07) is 9.62. The van der Waals surface area contributed by atoms with Crippen molar-refractivity contribution >= 4 is 5.69 Å². The van der Waals surface area contributed by atoms with Crippen LogP contribution in [-0.2, 0) is 4.74 Å². The van der Waals surface area contributed by atoms with Crippen LogP contribution in [0.25, 0.3) is 0 Å². The Morgan fingerprint density at radius 2 is 1.78 bits per heavy atom. The zero-order valence-corrected chi connectivity index (χ0v) is 14.8. The van der Waals surface area contributed by atoms with Gasteiger partial charge in [0.1, 0.15) is 0 Å². The lowest BCUT2D eigenvalue weighted by atomic mass is 9.86. The summed E-state index contributed by atoms with van der Waals surface area (Å²) >= 11 is 0. The molecule has 1 saturated carbocycles. The average molecular weight is 316 g/mol. The van der Waals surface area contributed by atoms with Crippen molar-refractivity contribution in [2.24, 2.45) is 5.41 Å². The van der Waals surface area contributed by atoms with E-state index in [2.05, 4.69) is 41.4 Å². The summed E-state index contributed by atoms with van der Waals surface area (Å²) in [5, 5.41) is 3.86. The standard InChI is InChI=1S/C20H32N2O/c1-17-5-7-19(8-6-17)22-13-9-18(10-14-22)21-15-20(16-23-2)11-3-4-12-20/h5-8,18,21H,3-4,9-16H2,1-2H3. The smallest absolute Gasteiger partial charge is 0.0530 e. The van der Waals surface area contributed by atoms with Gasteiger partial charge >= 0.3 is 0 Å². The number of benzene rings is 1. The largest absolute Gasteiger partial charge is 0.384 e. The van der Waals surface area contributed by atoms with Crippen LogP contribution < -0.4 is 10.2 Å². The number of anilines is 1. The molecule has 0 atom stereocenters. The molecular formula is C20H32N2O. The molecule has 1 heterocycles. The lowest BCUT2D eigenvalue weighted by molar-refractivity contribution is 0.0795. The number of nitrogens with zero attached hydrogens (tertiary/aromatic N) is 1. The van der Waals surface area contributed by atoms with Gasteiger partial charge in [-0.25, -0.2) is 0 Å². The first-order valence-corrected chi connectivity index (χ1v) is 9.25. The highest BCUT2D eigenvalue weighted by atomic mass is 16.5. The van der Waals surface area contributed by atoms with E-state index >= 15 is 0 Å². The van der Waals surface area contributed by atoms with Gasteiger partial charge in [0.15, 0.2) is 0 Å². The first-order valence-electron chi connectivity index (χ1n) is 9.25. The number of methoxy groups -OCH3 is 1. The van der Waals surface area contributed by atoms with Crippen LogP contribution in [0.15, 0.2) is 24.3 Å². The van der Waals surface area contributed by atoms with Gasteiger partial charge in [0.05, 0.1) is 6.61 Å². The number of hydrogen-bond donors (Lipinski definition) is 1. The monoisotopic (exact) mass is 316 g/mol. The molecule has 2 aliphatic rings. The van der Waals surface area contributed by atoms with Crippen molar-refractivity contribution in [1.29, 1.82) is 0 Å². The molecule has 23 heavy (non-hydrogen) atoms. The molecule has 0 radical (unpaired) electrons. The molecule has 1 aromatic rings. The number of aryl methyl sites for hydroxylation is 1. The minimum atomic E-state index is 0.406. The SMILES string of the molecule is COCC1(CNC2CCN(c3ccc(C)cc3)CC2)CCCC1. The van der Waals surface area contributed by atoms with Crippen LogP contribution in [0.1, 0.15) is 44.1 Å². The van der Waals surface area contributed by atoms with Crippen LogP contribution in [0.2, 0.25) is 0 Å². The lowest BCUT2D eigenvalue weighted by Gasteiger charge is -2.36. The van der Waals surface area contributed by atoms with Crippen molar-refractivity contribution < 1.29 is 4.74 Å². The normalized spacial score (nSPS) is 21.7. The van der Waals surface area contributed by atoms with Gasteiger partial charge in [-0.2, -0.15) is 0 Å². The number of rotatable bonds is 6. The molecule has 1 aromatic carbocycles. The van der Waals surface area contributed by atoms with Crippen LogP contribution in [0.5, 0.6) is 0 Å². The van der Waals surface area contributed by atoms with E-state index in [0.29, 0.717) is 11.5 Å². The van der Waals surface area contributed by atoms with Gasteiger partial charge in [0, 0.05) is 43.9 Å². The maximum Gasteiger partial charge on any atom is 0.0530 e. The van der Waals surface area contributed by atoms with E-state index in [0.717, 1.165) is 26.2 Å². The Hall–Kier alpha value is -1.06. The van der Waals surface area contributed by atoms with Gasteiger partial charge in [0.2, 0.25) is 0 Å². The lowest BCUT2D eigenvalue weighted by Crippen LogP contribution is -2.46. The van der Waals surface area contributed by atoms with Gasteiger partial charge in [0.25, 0.3) is 0 Å². The molecule has 3 heteroatoms. The van der Waals surface area contributed by atoms with Crippen molar-refractivity contribution in [3.05, 3.63) is 29.8 Å². The van der Waals surface area contributed by atoms with Crippen LogP contribution in [0.3, 0.4) is 0 Å². The summed E-state index contributed by atoms with van der Waals surface area (Å²) in [6.07, 6.45) is 7.90. The zero-order chi connectivity index (χ0) is 16.1. The molecule has 1 saturated heterocycles. The van der Waals surface area contributed by atoms with Crippen molar-refractivity contribution in [2.45, 2.75) is 51.5 Å². The third-order valence-electron chi connectivity index (χ3n) is 5.77. The molecule has 0 spiro atoms. The predicted octanol–water partition coefficient (Wildman–Crippen LogP) is 3.76. The molecule has 0 unspecified atom stereocenters. The van der Waals surface area contributed by atoms with Gasteiger partial charge in [-0.3, -0.25) is 0 Å². The molecule has 0 aromatic heterocycles. The fourth-order valence-electron chi connectivity index (χ4n) is 4.26. The summed E-state index contributed by atoms with van der Waals surface area (Å²) in [6.45, 7) is 6.53. The van der Waals surface area contributed by atoms with Gasteiger partial charge in [-0.15, -0.1) is 0 Å². The van der Waals surface area contributed by atoms with Crippen molar-refractivity contribution in [3.8, 4) is 0 Å². The Balaban J connectivity index is 1.46. The summed E-state index contributed by atoms with van der Waals surface area (Å²) < 4.78 is 5.51. The maximum atomic E-state index is 5.51. The highest BCUT2D eigenvalue weighted by Crippen LogP contribution is 2.38. The van der Waals surface area contributed by atoms with E-state index in [1.165, 1.54) is 49.8 Å². The Bertz CT molecular complexity index is 471. The molecular weight excluding hydrogens is 284 g/mol. The number of ether oxygens (including phenoxy) is 1. The molecule has 1 aliphatic carbocycles. The molecule has 0 bridgehead atoms. The molecule has 128 valence electrons. The van der Waals surface area contributed by atoms with E-state index < -0.39 is 0 Å². The van der Waals surface area contributed by atoms with Crippen LogP contribution >= 0.6 is 0 Å². The second kappa shape index (κ2) is 7.67. The molecule has 3 nitrogen and oxygen atoms in total. The maximum absolute atomic E-state index is 5.51. The molecule has 1 N–H and O–H groups in total. The fourth-order valence-corrected chi connectivity index (χ4v) is 4.26. The highest BCUT2D eigenvalue weighted by molar-refractivity contribution is 5.47. The van der Waals surface area contributed by atoms with E-state index in [9.17, 15) is 0 Å². The quantitative estimate of drug-likeness (QED) is 0.865. The van der Waals surface area contributed by atoms with Crippen molar-refractivity contribution in [2.75, 3.05) is 38.3 Å². The third-order valence-corrected chi connectivity index (χ3v) is 5.77. The first-order chi connectivity index (χ1) is 11.2. The van der Waals surface area contributed by atoms with Crippen LogP contribution in [-0.4, -0.2) is 39.4 Å². The Labute approximate surface area is 141 Å². The second-order valence-corrected chi connectivity index (χ2v) is 7.62. The Kier molecular flexibility index (Phi) is 5.60. The van der Waals surface area contributed by atoms with Crippen molar-refractivity contribution in [3.63, 3.8) is 0 Å². The van der Waals surface area contributed by atoms with Gasteiger partial charge < -0.3 is 15.0 Å². The zero-order valence-electron chi connectivity index (χ0n) is 14.8. The van der Waals surface area contributed by atoms with E-state index in [-0.39, 0.29) is 0 Å². The summed E-state index contributed by atoms with van der Waals surface area (Å²) in [4.78, 5) is 2.53. The second-order valence-electron chi connectivity index (χ2n) is 7.62. The van der Waals surface area contributed by atoms with Gasteiger partial charge in [-0.1, -0.05) is 30.5 Å². The topological polar surface area (TPSA) is 24.5 Å². The third kappa shape index (κ3) is 4.27. The van der Waals surface area contributed by atoms with E-state index in [1.807, 2.05) is 7.11 Å².